The molecule has 1 aliphatic heterocycles. The number of ether oxygens (including phenoxy) is 1. The highest BCUT2D eigenvalue weighted by atomic mass is 16.5. The molecule has 0 atom stereocenters. The van der Waals surface area contributed by atoms with E-state index in [1.54, 1.807) is 24.0 Å². The Kier molecular flexibility index (Phi) is 4.93. The standard InChI is InChI=1S/C16H17NO5/c1-2-22-16(21)14(19)9-12(18)7-8-17-10-11-5-3-4-6-13(11)15(17)20/h3-6,9,19H,2,7-8,10H2,1H3. The molecule has 0 bridgehead atoms. The van der Waals surface area contributed by atoms with E-state index in [0.717, 1.165) is 11.6 Å². The Morgan fingerprint density at radius 2 is 2.09 bits per heavy atom. The van der Waals surface area contributed by atoms with E-state index in [0.29, 0.717) is 12.1 Å². The van der Waals surface area contributed by atoms with Crippen LogP contribution in [0.4, 0.5) is 0 Å². The van der Waals surface area contributed by atoms with Crippen molar-refractivity contribution < 1.29 is 24.2 Å². The predicted octanol–water partition coefficient (Wildman–Crippen LogP) is 1.61. The number of ketones is 1. The van der Waals surface area contributed by atoms with Crippen LogP contribution in [0.5, 0.6) is 0 Å². The number of aliphatic hydroxyl groups is 1. The zero-order valence-electron chi connectivity index (χ0n) is 12.2. The van der Waals surface area contributed by atoms with Gasteiger partial charge in [-0.05, 0) is 18.6 Å². The Morgan fingerprint density at radius 1 is 1.36 bits per heavy atom. The number of amides is 1. The summed E-state index contributed by atoms with van der Waals surface area (Å²) < 4.78 is 4.57. The molecule has 0 aromatic heterocycles. The molecule has 0 radical (unpaired) electrons. The van der Waals surface area contributed by atoms with Crippen LogP contribution in [0.25, 0.3) is 0 Å². The first kappa shape index (κ1) is 15.8. The van der Waals surface area contributed by atoms with Gasteiger partial charge in [-0.3, -0.25) is 9.59 Å². The van der Waals surface area contributed by atoms with Crippen molar-refractivity contribution in [3.05, 3.63) is 47.2 Å². The van der Waals surface area contributed by atoms with E-state index in [2.05, 4.69) is 4.74 Å². The van der Waals surface area contributed by atoms with Crippen molar-refractivity contribution in [3.8, 4) is 0 Å². The van der Waals surface area contributed by atoms with Crippen molar-refractivity contribution in [3.63, 3.8) is 0 Å². The van der Waals surface area contributed by atoms with Gasteiger partial charge in [0.25, 0.3) is 5.91 Å². The molecule has 1 aliphatic rings. The number of allylic oxidation sites excluding steroid dienone is 1. The van der Waals surface area contributed by atoms with Crippen LogP contribution in [-0.2, 0) is 20.9 Å². The molecule has 6 heteroatoms. The average molecular weight is 303 g/mol. The molecule has 1 amide bonds. The maximum atomic E-state index is 12.1. The normalized spacial score (nSPS) is 14.0. The minimum Gasteiger partial charge on any atom is -0.502 e. The van der Waals surface area contributed by atoms with Crippen LogP contribution in [0.2, 0.25) is 0 Å². The first-order valence-electron chi connectivity index (χ1n) is 7.00. The minimum atomic E-state index is -0.930. The van der Waals surface area contributed by atoms with Gasteiger partial charge in [-0.15, -0.1) is 0 Å². The monoisotopic (exact) mass is 303 g/mol. The number of benzene rings is 1. The lowest BCUT2D eigenvalue weighted by Gasteiger charge is -2.14. The number of nitrogens with zero attached hydrogens (tertiary/aromatic N) is 1. The Bertz CT molecular complexity index is 635. The number of carbonyl (C=O) groups excluding carboxylic acids is 3. The molecule has 6 nitrogen and oxygen atoms in total. The van der Waals surface area contributed by atoms with Gasteiger partial charge >= 0.3 is 5.97 Å². The Labute approximate surface area is 128 Å². The molecule has 0 fully saturated rings. The lowest BCUT2D eigenvalue weighted by molar-refractivity contribution is -0.141. The largest absolute Gasteiger partial charge is 0.502 e. The summed E-state index contributed by atoms with van der Waals surface area (Å²) in [6.45, 7) is 2.42. The molecule has 22 heavy (non-hydrogen) atoms. The van der Waals surface area contributed by atoms with Crippen molar-refractivity contribution >= 4 is 17.7 Å². The van der Waals surface area contributed by atoms with Crippen molar-refractivity contribution in [2.24, 2.45) is 0 Å². The Hall–Kier alpha value is -2.63. The number of hydrogen-bond donors (Lipinski definition) is 1. The Balaban J connectivity index is 1.89. The van der Waals surface area contributed by atoms with Crippen LogP contribution < -0.4 is 0 Å². The molecule has 0 unspecified atom stereocenters. The number of aliphatic hydroxyl groups excluding tert-OH is 1. The molecule has 116 valence electrons. The van der Waals surface area contributed by atoms with Gasteiger partial charge in [0, 0.05) is 31.1 Å². The summed E-state index contributed by atoms with van der Waals surface area (Å²) >= 11 is 0. The van der Waals surface area contributed by atoms with E-state index in [1.807, 2.05) is 12.1 Å². The first-order valence-corrected chi connectivity index (χ1v) is 7.00. The summed E-state index contributed by atoms with van der Waals surface area (Å²) in [6.07, 6.45) is 0.870. The summed E-state index contributed by atoms with van der Waals surface area (Å²) in [5.41, 5.74) is 1.59. The molecule has 0 spiro atoms. The summed E-state index contributed by atoms with van der Waals surface area (Å²) in [6, 6.07) is 7.29. The summed E-state index contributed by atoms with van der Waals surface area (Å²) in [5, 5.41) is 9.39. The van der Waals surface area contributed by atoms with E-state index in [9.17, 15) is 19.5 Å². The molecule has 0 aliphatic carbocycles. The number of hydrogen-bond acceptors (Lipinski definition) is 5. The van der Waals surface area contributed by atoms with E-state index in [-0.39, 0.29) is 25.5 Å². The topological polar surface area (TPSA) is 83.9 Å². The number of esters is 1. The quantitative estimate of drug-likeness (QED) is 0.490. The van der Waals surface area contributed by atoms with E-state index < -0.39 is 17.5 Å². The summed E-state index contributed by atoms with van der Waals surface area (Å²) in [7, 11) is 0. The molecule has 1 aromatic carbocycles. The third-order valence-corrected chi connectivity index (χ3v) is 3.31. The predicted molar refractivity (Wildman–Crippen MR) is 78.2 cm³/mol. The Morgan fingerprint density at radius 3 is 2.77 bits per heavy atom. The third-order valence-electron chi connectivity index (χ3n) is 3.31. The highest BCUT2D eigenvalue weighted by molar-refractivity contribution is 6.00. The molecule has 1 heterocycles. The van der Waals surface area contributed by atoms with Gasteiger partial charge in [-0.2, -0.15) is 0 Å². The van der Waals surface area contributed by atoms with Gasteiger partial charge in [0.05, 0.1) is 6.61 Å². The molecular weight excluding hydrogens is 286 g/mol. The second kappa shape index (κ2) is 6.89. The molecule has 1 aromatic rings. The second-order valence-electron chi connectivity index (χ2n) is 4.85. The van der Waals surface area contributed by atoms with Crippen molar-refractivity contribution in [1.82, 2.24) is 4.90 Å². The maximum absolute atomic E-state index is 12.1. The lowest BCUT2D eigenvalue weighted by Crippen LogP contribution is -2.26. The van der Waals surface area contributed by atoms with E-state index in [1.165, 1.54) is 0 Å². The van der Waals surface area contributed by atoms with Gasteiger partial charge in [-0.1, -0.05) is 18.2 Å². The zero-order valence-corrected chi connectivity index (χ0v) is 12.2. The van der Waals surface area contributed by atoms with Crippen LogP contribution in [0.3, 0.4) is 0 Å². The molecular formula is C16H17NO5. The maximum Gasteiger partial charge on any atom is 0.373 e. The smallest absolute Gasteiger partial charge is 0.373 e. The van der Waals surface area contributed by atoms with Gasteiger partial charge < -0.3 is 14.7 Å². The average Bonchev–Trinajstić information content (AvgIpc) is 2.82. The zero-order chi connectivity index (χ0) is 16.1. The van der Waals surface area contributed by atoms with Crippen LogP contribution in [0, 0.1) is 0 Å². The van der Waals surface area contributed by atoms with Crippen molar-refractivity contribution in [2.45, 2.75) is 19.9 Å². The highest BCUT2D eigenvalue weighted by Crippen LogP contribution is 2.22. The van der Waals surface area contributed by atoms with Gasteiger partial charge in [0.15, 0.2) is 5.78 Å². The van der Waals surface area contributed by atoms with Crippen LogP contribution in [0.15, 0.2) is 36.1 Å². The van der Waals surface area contributed by atoms with Crippen molar-refractivity contribution in [1.29, 1.82) is 0 Å². The van der Waals surface area contributed by atoms with E-state index >= 15 is 0 Å². The molecule has 0 saturated carbocycles. The number of rotatable bonds is 6. The fourth-order valence-electron chi connectivity index (χ4n) is 2.23. The molecule has 0 saturated heterocycles. The van der Waals surface area contributed by atoms with Gasteiger partial charge in [-0.25, -0.2) is 4.79 Å². The number of fused-ring (bicyclic) bond motifs is 1. The van der Waals surface area contributed by atoms with Crippen LogP contribution in [0.1, 0.15) is 29.3 Å². The fourth-order valence-corrected chi connectivity index (χ4v) is 2.23. The number of carbonyl (C=O) groups is 3. The molecule has 2 rings (SSSR count). The van der Waals surface area contributed by atoms with Gasteiger partial charge in [0.2, 0.25) is 5.76 Å². The first-order chi connectivity index (χ1) is 10.5. The van der Waals surface area contributed by atoms with E-state index in [4.69, 9.17) is 0 Å². The van der Waals surface area contributed by atoms with Gasteiger partial charge in [0.1, 0.15) is 0 Å². The fraction of sp³-hybridized carbons (Fsp3) is 0.312. The van der Waals surface area contributed by atoms with Crippen LogP contribution >= 0.6 is 0 Å². The molecule has 1 N–H and O–H groups in total. The second-order valence-corrected chi connectivity index (χ2v) is 4.85. The highest BCUT2D eigenvalue weighted by Gasteiger charge is 2.26. The SMILES string of the molecule is CCOC(=O)C(O)=CC(=O)CCN1Cc2ccccc2C1=O. The van der Waals surface area contributed by atoms with Crippen molar-refractivity contribution in [2.75, 3.05) is 13.2 Å². The lowest BCUT2D eigenvalue weighted by atomic mass is 10.1. The summed E-state index contributed by atoms with van der Waals surface area (Å²) in [5.74, 6) is -2.19. The van der Waals surface area contributed by atoms with Crippen LogP contribution in [-0.4, -0.2) is 40.8 Å². The summed E-state index contributed by atoms with van der Waals surface area (Å²) in [4.78, 5) is 36.6. The minimum absolute atomic E-state index is 0.0309. The third kappa shape index (κ3) is 3.52.